The van der Waals surface area contributed by atoms with E-state index in [4.69, 9.17) is 9.47 Å². The van der Waals surface area contributed by atoms with Gasteiger partial charge in [0.05, 0.1) is 17.6 Å². The summed E-state index contributed by atoms with van der Waals surface area (Å²) in [6.07, 6.45) is 1.33. The van der Waals surface area contributed by atoms with Crippen LogP contribution in [0.15, 0.2) is 70.4 Å². The van der Waals surface area contributed by atoms with Crippen LogP contribution in [0.2, 0.25) is 0 Å². The fourth-order valence-electron chi connectivity index (χ4n) is 3.31. The van der Waals surface area contributed by atoms with E-state index in [1.165, 1.54) is 30.9 Å². The second-order valence-corrected chi connectivity index (χ2v) is 7.29. The van der Waals surface area contributed by atoms with E-state index in [2.05, 4.69) is 10.3 Å². The van der Waals surface area contributed by atoms with Crippen molar-refractivity contribution < 1.29 is 14.3 Å². The summed E-state index contributed by atoms with van der Waals surface area (Å²) in [5.41, 5.74) is -0.0216. The predicted octanol–water partition coefficient (Wildman–Crippen LogP) is 3.08. The van der Waals surface area contributed by atoms with Gasteiger partial charge in [-0.2, -0.15) is 0 Å². The molecule has 0 unspecified atom stereocenters. The average molecular weight is 446 g/mol. The van der Waals surface area contributed by atoms with E-state index < -0.39 is 17.2 Å². The van der Waals surface area contributed by atoms with Crippen LogP contribution in [0.5, 0.6) is 17.2 Å². The number of ether oxygens (including phenoxy) is 2. The Labute approximate surface area is 188 Å². The van der Waals surface area contributed by atoms with Gasteiger partial charge < -0.3 is 14.8 Å². The molecule has 0 spiro atoms. The lowest BCUT2D eigenvalue weighted by Crippen LogP contribution is -2.37. The van der Waals surface area contributed by atoms with E-state index in [0.29, 0.717) is 23.8 Å². The highest BCUT2D eigenvalue weighted by molar-refractivity contribution is 6.05. The summed E-state index contributed by atoms with van der Waals surface area (Å²) in [7, 11) is 2.90. The van der Waals surface area contributed by atoms with E-state index in [9.17, 15) is 14.4 Å². The number of carbonyl (C=O) groups is 1. The number of hydrogen-bond donors (Lipinski definition) is 1. The fourth-order valence-corrected chi connectivity index (χ4v) is 3.31. The summed E-state index contributed by atoms with van der Waals surface area (Å²) < 4.78 is 13.5. The molecule has 9 nitrogen and oxygen atoms in total. The Bertz CT molecular complexity index is 1440. The van der Waals surface area contributed by atoms with Crippen LogP contribution in [0.25, 0.3) is 11.0 Å². The number of carbonyl (C=O) groups excluding carboxylic acids is 1. The molecule has 2 aromatic carbocycles. The molecular formula is C24H22N4O5. The van der Waals surface area contributed by atoms with Gasteiger partial charge in [0.1, 0.15) is 22.9 Å². The Morgan fingerprint density at radius 2 is 1.55 bits per heavy atom. The van der Waals surface area contributed by atoms with Crippen molar-refractivity contribution >= 4 is 22.6 Å². The SMILES string of the molecule is CCOc1ccc(Oc2ccc(NC(=O)c3cnc4c(c3)c(=O)n(C)c(=O)n4C)cc2)cc1. The number of nitrogens with zero attached hydrogens (tertiary/aromatic N) is 3. The van der Waals surface area contributed by atoms with Gasteiger partial charge in [0.25, 0.3) is 11.5 Å². The molecule has 0 saturated carbocycles. The quantitative estimate of drug-likeness (QED) is 0.488. The lowest BCUT2D eigenvalue weighted by atomic mass is 10.2. The first-order valence-electron chi connectivity index (χ1n) is 10.2. The van der Waals surface area contributed by atoms with Crippen molar-refractivity contribution in [3.63, 3.8) is 0 Å². The van der Waals surface area contributed by atoms with Gasteiger partial charge in [-0.15, -0.1) is 0 Å². The molecule has 4 rings (SSSR count). The van der Waals surface area contributed by atoms with Crippen LogP contribution in [0, 0.1) is 0 Å². The van der Waals surface area contributed by atoms with E-state index in [0.717, 1.165) is 10.3 Å². The van der Waals surface area contributed by atoms with Crippen molar-refractivity contribution in [1.82, 2.24) is 14.1 Å². The topological polar surface area (TPSA) is 104 Å². The fraction of sp³-hybridized carbons (Fsp3) is 0.167. The number of aryl methyl sites for hydroxylation is 1. The Morgan fingerprint density at radius 1 is 0.939 bits per heavy atom. The molecule has 2 aromatic heterocycles. The second kappa shape index (κ2) is 8.99. The number of pyridine rings is 1. The largest absolute Gasteiger partial charge is 0.494 e. The van der Waals surface area contributed by atoms with Crippen molar-refractivity contribution in [2.45, 2.75) is 6.92 Å². The molecule has 0 aliphatic carbocycles. The third-order valence-electron chi connectivity index (χ3n) is 5.04. The minimum atomic E-state index is -0.508. The number of fused-ring (bicyclic) bond motifs is 1. The molecule has 168 valence electrons. The van der Waals surface area contributed by atoms with Gasteiger partial charge in [-0.3, -0.25) is 18.7 Å². The molecular weight excluding hydrogens is 424 g/mol. The van der Waals surface area contributed by atoms with E-state index >= 15 is 0 Å². The first-order valence-corrected chi connectivity index (χ1v) is 10.2. The molecule has 33 heavy (non-hydrogen) atoms. The highest BCUT2D eigenvalue weighted by Gasteiger charge is 2.14. The zero-order chi connectivity index (χ0) is 23.5. The molecule has 0 radical (unpaired) electrons. The summed E-state index contributed by atoms with van der Waals surface area (Å²) in [6, 6.07) is 15.6. The van der Waals surface area contributed by atoms with Gasteiger partial charge in [-0.25, -0.2) is 9.78 Å². The van der Waals surface area contributed by atoms with Crippen LogP contribution in [0.3, 0.4) is 0 Å². The van der Waals surface area contributed by atoms with Gasteiger partial charge in [0, 0.05) is 26.0 Å². The van der Waals surface area contributed by atoms with Gasteiger partial charge in [0.15, 0.2) is 0 Å². The zero-order valence-corrected chi connectivity index (χ0v) is 18.4. The second-order valence-electron chi connectivity index (χ2n) is 7.29. The Morgan fingerprint density at radius 3 is 2.18 bits per heavy atom. The maximum atomic E-state index is 12.7. The summed E-state index contributed by atoms with van der Waals surface area (Å²) in [5, 5.41) is 2.95. The van der Waals surface area contributed by atoms with Gasteiger partial charge >= 0.3 is 5.69 Å². The third kappa shape index (κ3) is 4.47. The molecule has 0 bridgehead atoms. The highest BCUT2D eigenvalue weighted by Crippen LogP contribution is 2.25. The van der Waals surface area contributed by atoms with E-state index in [1.807, 2.05) is 31.2 Å². The summed E-state index contributed by atoms with van der Waals surface area (Å²) in [4.78, 5) is 41.3. The molecule has 0 saturated heterocycles. The first-order chi connectivity index (χ1) is 15.9. The average Bonchev–Trinajstić information content (AvgIpc) is 2.83. The van der Waals surface area contributed by atoms with Crippen molar-refractivity contribution in [2.24, 2.45) is 14.1 Å². The smallest absolute Gasteiger partial charge is 0.332 e. The standard InChI is InChI=1S/C24H22N4O5/c1-4-32-17-9-11-19(12-10-17)33-18-7-5-16(6-8-18)26-22(29)15-13-20-21(25-14-15)27(2)24(31)28(3)23(20)30/h5-14H,4H2,1-3H3,(H,26,29). The Kier molecular flexibility index (Phi) is 5.95. The van der Waals surface area contributed by atoms with Crippen LogP contribution in [0.1, 0.15) is 17.3 Å². The molecule has 0 aliphatic rings. The molecule has 1 N–H and O–H groups in total. The number of nitrogens with one attached hydrogen (secondary N) is 1. The van der Waals surface area contributed by atoms with Crippen molar-refractivity contribution in [3.05, 3.63) is 87.2 Å². The Hall–Kier alpha value is -4.40. The summed E-state index contributed by atoms with van der Waals surface area (Å²) >= 11 is 0. The minimum absolute atomic E-state index is 0.186. The van der Waals surface area contributed by atoms with Gasteiger partial charge in [0.2, 0.25) is 0 Å². The minimum Gasteiger partial charge on any atom is -0.494 e. The summed E-state index contributed by atoms with van der Waals surface area (Å²) in [5.74, 6) is 1.61. The highest BCUT2D eigenvalue weighted by atomic mass is 16.5. The third-order valence-corrected chi connectivity index (χ3v) is 5.04. The molecule has 9 heteroatoms. The number of rotatable bonds is 6. The predicted molar refractivity (Wildman–Crippen MR) is 124 cm³/mol. The monoisotopic (exact) mass is 446 g/mol. The number of anilines is 1. The first kappa shape index (κ1) is 21.8. The molecule has 1 amide bonds. The molecule has 0 aliphatic heterocycles. The number of amides is 1. The van der Waals surface area contributed by atoms with Crippen LogP contribution in [-0.4, -0.2) is 26.6 Å². The summed E-state index contributed by atoms with van der Waals surface area (Å²) in [6.45, 7) is 2.52. The molecule has 0 fully saturated rings. The van der Waals surface area contributed by atoms with Crippen molar-refractivity contribution in [3.8, 4) is 17.2 Å². The molecule has 2 heterocycles. The lowest BCUT2D eigenvalue weighted by molar-refractivity contribution is 0.102. The van der Waals surface area contributed by atoms with Crippen LogP contribution in [0.4, 0.5) is 5.69 Å². The van der Waals surface area contributed by atoms with Gasteiger partial charge in [-0.05, 0) is 61.5 Å². The van der Waals surface area contributed by atoms with Crippen LogP contribution >= 0.6 is 0 Å². The number of benzene rings is 2. The van der Waals surface area contributed by atoms with Crippen LogP contribution in [-0.2, 0) is 14.1 Å². The molecule has 0 atom stereocenters. The zero-order valence-electron chi connectivity index (χ0n) is 18.4. The maximum absolute atomic E-state index is 12.7. The number of hydrogen-bond acceptors (Lipinski definition) is 6. The lowest BCUT2D eigenvalue weighted by Gasteiger charge is -2.10. The number of aromatic nitrogens is 3. The maximum Gasteiger partial charge on any atom is 0.332 e. The Balaban J connectivity index is 1.49. The van der Waals surface area contributed by atoms with Crippen molar-refractivity contribution in [1.29, 1.82) is 0 Å². The van der Waals surface area contributed by atoms with E-state index in [-0.39, 0.29) is 16.6 Å². The van der Waals surface area contributed by atoms with Crippen molar-refractivity contribution in [2.75, 3.05) is 11.9 Å². The normalized spacial score (nSPS) is 10.8. The van der Waals surface area contributed by atoms with E-state index in [1.54, 1.807) is 24.3 Å². The molecule has 4 aromatic rings. The van der Waals surface area contributed by atoms with Crippen LogP contribution < -0.4 is 26.0 Å². The van der Waals surface area contributed by atoms with Gasteiger partial charge in [-0.1, -0.05) is 0 Å².